The van der Waals surface area contributed by atoms with Crippen LogP contribution in [-0.2, 0) is 4.79 Å². The Balaban J connectivity index is 2.31. The predicted octanol–water partition coefficient (Wildman–Crippen LogP) is 2.60. The van der Waals surface area contributed by atoms with Crippen molar-refractivity contribution in [1.29, 1.82) is 0 Å². The first-order valence-electron chi connectivity index (χ1n) is 7.32. The summed E-state index contributed by atoms with van der Waals surface area (Å²) in [5.74, 6) is 0.0899. The molecule has 2 atom stereocenters. The van der Waals surface area contributed by atoms with E-state index in [-0.39, 0.29) is 29.8 Å². The molecule has 6 nitrogen and oxygen atoms in total. The van der Waals surface area contributed by atoms with E-state index in [2.05, 4.69) is 19.2 Å². The Morgan fingerprint density at radius 1 is 1.29 bits per heavy atom. The molecule has 21 heavy (non-hydrogen) atoms. The van der Waals surface area contributed by atoms with Gasteiger partial charge in [0.05, 0.1) is 11.0 Å². The zero-order valence-corrected chi connectivity index (χ0v) is 12.6. The Morgan fingerprint density at radius 3 is 2.33 bits per heavy atom. The molecule has 2 unspecified atom stereocenters. The maximum Gasteiger partial charge on any atom is 0.269 e. The van der Waals surface area contributed by atoms with Gasteiger partial charge in [0.25, 0.3) is 5.69 Å². The molecule has 114 valence electrons. The van der Waals surface area contributed by atoms with Crippen molar-refractivity contribution in [3.05, 3.63) is 39.9 Å². The maximum atomic E-state index is 12.4. The lowest BCUT2D eigenvalue weighted by Crippen LogP contribution is -2.39. The van der Waals surface area contributed by atoms with Gasteiger partial charge in [0.2, 0.25) is 5.91 Å². The molecule has 0 aliphatic carbocycles. The van der Waals surface area contributed by atoms with E-state index in [4.69, 9.17) is 0 Å². The lowest BCUT2D eigenvalue weighted by molar-refractivity contribution is -0.384. The van der Waals surface area contributed by atoms with E-state index in [1.54, 1.807) is 12.1 Å². The number of amides is 1. The van der Waals surface area contributed by atoms with Crippen LogP contribution < -0.4 is 5.32 Å². The minimum Gasteiger partial charge on any atom is -0.319 e. The number of nitro groups is 1. The van der Waals surface area contributed by atoms with Gasteiger partial charge in [-0.2, -0.15) is 0 Å². The molecule has 1 aliphatic rings. The summed E-state index contributed by atoms with van der Waals surface area (Å²) in [4.78, 5) is 24.6. The topological polar surface area (TPSA) is 75.5 Å². The minimum absolute atomic E-state index is 0.0604. The standard InChI is InChI=1S/C15H21N3O3/c1-4-12(5-2)17-14(16-10(3)15(17)19)11-6-8-13(9-7-11)18(20)21/h6-10,12,14,16H,4-5H2,1-3H3. The lowest BCUT2D eigenvalue weighted by atomic mass is 10.1. The molecule has 1 N–H and O–H groups in total. The van der Waals surface area contributed by atoms with Gasteiger partial charge >= 0.3 is 0 Å². The number of hydrogen-bond acceptors (Lipinski definition) is 4. The number of carbonyl (C=O) groups is 1. The molecule has 1 aliphatic heterocycles. The molecule has 0 aromatic heterocycles. The fourth-order valence-corrected chi connectivity index (χ4v) is 2.85. The third kappa shape index (κ3) is 2.90. The molecule has 0 saturated carbocycles. The number of non-ortho nitro benzene ring substituents is 1. The number of hydrogen-bond donors (Lipinski definition) is 1. The number of rotatable bonds is 5. The highest BCUT2D eigenvalue weighted by atomic mass is 16.6. The van der Waals surface area contributed by atoms with Crippen molar-refractivity contribution in [3.8, 4) is 0 Å². The van der Waals surface area contributed by atoms with Crippen LogP contribution in [0.1, 0.15) is 45.3 Å². The molecule has 1 fully saturated rings. The number of nitrogens with zero attached hydrogens (tertiary/aromatic N) is 2. The van der Waals surface area contributed by atoms with Crippen molar-refractivity contribution in [2.45, 2.75) is 51.9 Å². The number of benzene rings is 1. The van der Waals surface area contributed by atoms with E-state index in [1.807, 2.05) is 11.8 Å². The maximum absolute atomic E-state index is 12.4. The average molecular weight is 291 g/mol. The van der Waals surface area contributed by atoms with Crippen LogP contribution in [0.2, 0.25) is 0 Å². The molecule has 6 heteroatoms. The highest BCUT2D eigenvalue weighted by molar-refractivity contribution is 5.84. The molecule has 0 spiro atoms. The summed E-state index contributed by atoms with van der Waals surface area (Å²) in [7, 11) is 0. The van der Waals surface area contributed by atoms with Crippen LogP contribution in [0.15, 0.2) is 24.3 Å². The molecule has 0 radical (unpaired) electrons. The zero-order valence-electron chi connectivity index (χ0n) is 12.6. The van der Waals surface area contributed by atoms with Crippen molar-refractivity contribution < 1.29 is 9.72 Å². The molecular formula is C15H21N3O3. The van der Waals surface area contributed by atoms with E-state index in [9.17, 15) is 14.9 Å². The van der Waals surface area contributed by atoms with Crippen LogP contribution in [0.4, 0.5) is 5.69 Å². The van der Waals surface area contributed by atoms with Crippen molar-refractivity contribution in [1.82, 2.24) is 10.2 Å². The minimum atomic E-state index is -0.418. The van der Waals surface area contributed by atoms with Crippen molar-refractivity contribution >= 4 is 11.6 Å². The van der Waals surface area contributed by atoms with Crippen LogP contribution in [-0.4, -0.2) is 27.8 Å². The first-order chi connectivity index (χ1) is 9.99. The van der Waals surface area contributed by atoms with Crippen molar-refractivity contribution in [2.75, 3.05) is 0 Å². The Hall–Kier alpha value is -1.95. The van der Waals surface area contributed by atoms with Crippen LogP contribution in [0.5, 0.6) is 0 Å². The Bertz CT molecular complexity index is 525. The fraction of sp³-hybridized carbons (Fsp3) is 0.533. The molecule has 1 amide bonds. The molecule has 1 aromatic carbocycles. The van der Waals surface area contributed by atoms with Gasteiger partial charge in [-0.3, -0.25) is 20.2 Å². The Labute approximate surface area is 124 Å². The van der Waals surface area contributed by atoms with Gasteiger partial charge in [-0.05, 0) is 37.5 Å². The summed E-state index contributed by atoms with van der Waals surface area (Å²) in [6.45, 7) is 5.98. The zero-order chi connectivity index (χ0) is 15.6. The van der Waals surface area contributed by atoms with Crippen LogP contribution in [0, 0.1) is 10.1 Å². The third-order valence-electron chi connectivity index (χ3n) is 4.07. The number of nitro benzene ring substituents is 1. The van der Waals surface area contributed by atoms with Gasteiger partial charge in [0, 0.05) is 18.2 Å². The summed E-state index contributed by atoms with van der Waals surface area (Å²) >= 11 is 0. The van der Waals surface area contributed by atoms with Crippen LogP contribution in [0.3, 0.4) is 0 Å². The first-order valence-corrected chi connectivity index (χ1v) is 7.32. The van der Waals surface area contributed by atoms with Gasteiger partial charge in [0.15, 0.2) is 0 Å². The van der Waals surface area contributed by atoms with Crippen molar-refractivity contribution in [2.24, 2.45) is 0 Å². The lowest BCUT2D eigenvalue weighted by Gasteiger charge is -2.31. The predicted molar refractivity (Wildman–Crippen MR) is 79.7 cm³/mol. The van der Waals surface area contributed by atoms with Gasteiger partial charge in [-0.1, -0.05) is 13.8 Å². The summed E-state index contributed by atoms with van der Waals surface area (Å²) in [6, 6.07) is 6.35. The molecule has 0 bridgehead atoms. The normalized spacial score (nSPS) is 22.1. The number of nitrogens with one attached hydrogen (secondary N) is 1. The van der Waals surface area contributed by atoms with Crippen molar-refractivity contribution in [3.63, 3.8) is 0 Å². The summed E-state index contributed by atoms with van der Waals surface area (Å²) < 4.78 is 0. The quantitative estimate of drug-likeness (QED) is 0.668. The van der Waals surface area contributed by atoms with Gasteiger partial charge in [-0.15, -0.1) is 0 Å². The van der Waals surface area contributed by atoms with E-state index < -0.39 is 4.92 Å². The highest BCUT2D eigenvalue weighted by Gasteiger charge is 2.40. The first kappa shape index (κ1) is 15.4. The van der Waals surface area contributed by atoms with Gasteiger partial charge in [0.1, 0.15) is 6.17 Å². The van der Waals surface area contributed by atoms with E-state index in [0.29, 0.717) is 0 Å². The largest absolute Gasteiger partial charge is 0.319 e. The molecular weight excluding hydrogens is 270 g/mol. The second-order valence-electron chi connectivity index (χ2n) is 5.36. The van der Waals surface area contributed by atoms with Gasteiger partial charge in [-0.25, -0.2) is 0 Å². The SMILES string of the molecule is CCC(CC)N1C(=O)C(C)NC1c1ccc([N+](=O)[O-])cc1. The van der Waals surface area contributed by atoms with E-state index >= 15 is 0 Å². The highest BCUT2D eigenvalue weighted by Crippen LogP contribution is 2.30. The Morgan fingerprint density at radius 2 is 1.86 bits per heavy atom. The summed E-state index contributed by atoms with van der Waals surface area (Å²) in [5, 5.41) is 14.0. The molecule has 2 rings (SSSR count). The molecule has 1 saturated heterocycles. The van der Waals surface area contributed by atoms with Crippen LogP contribution in [0.25, 0.3) is 0 Å². The fourth-order valence-electron chi connectivity index (χ4n) is 2.85. The molecule has 1 aromatic rings. The van der Waals surface area contributed by atoms with Crippen LogP contribution >= 0.6 is 0 Å². The second kappa shape index (κ2) is 6.22. The summed E-state index contributed by atoms with van der Waals surface area (Å²) in [6.07, 6.45) is 1.57. The van der Waals surface area contributed by atoms with E-state index in [1.165, 1.54) is 12.1 Å². The van der Waals surface area contributed by atoms with E-state index in [0.717, 1.165) is 18.4 Å². The van der Waals surface area contributed by atoms with Gasteiger partial charge < -0.3 is 4.90 Å². The molecule has 1 heterocycles. The number of carbonyl (C=O) groups excluding carboxylic acids is 1. The Kier molecular flexibility index (Phi) is 4.57. The monoisotopic (exact) mass is 291 g/mol. The summed E-state index contributed by atoms with van der Waals surface area (Å²) in [5.41, 5.74) is 0.940. The smallest absolute Gasteiger partial charge is 0.269 e. The average Bonchev–Trinajstić information content (AvgIpc) is 2.77. The third-order valence-corrected chi connectivity index (χ3v) is 4.07. The second-order valence-corrected chi connectivity index (χ2v) is 5.36.